The molecule has 106 valence electrons. The Morgan fingerprint density at radius 3 is 2.58 bits per heavy atom. The molecule has 0 aromatic heterocycles. The van der Waals surface area contributed by atoms with Crippen molar-refractivity contribution in [3.63, 3.8) is 0 Å². The molecule has 0 aromatic carbocycles. The fourth-order valence-electron chi connectivity index (χ4n) is 2.62. The van der Waals surface area contributed by atoms with E-state index in [1.54, 1.807) is 6.92 Å². The summed E-state index contributed by atoms with van der Waals surface area (Å²) in [6.45, 7) is 3.66. The number of urea groups is 1. The standard InChI is InChI=1S/C13H21N3O3/c1-3-9(2)10(17)15-16-11(18)13(14-12(16)19)7-5-4-6-8-13/h9H,3-8H2,1-2H3,(H,14,19)(H,15,17). The van der Waals surface area contributed by atoms with Gasteiger partial charge in [0.05, 0.1) is 0 Å². The second-order valence-electron chi connectivity index (χ2n) is 5.50. The van der Waals surface area contributed by atoms with Gasteiger partial charge in [-0.2, -0.15) is 5.01 Å². The number of imide groups is 1. The molecule has 1 atom stereocenters. The lowest BCUT2D eigenvalue weighted by molar-refractivity contribution is -0.141. The number of hydrogen-bond acceptors (Lipinski definition) is 3. The highest BCUT2D eigenvalue weighted by Gasteiger charge is 2.52. The molecule has 1 saturated carbocycles. The quantitative estimate of drug-likeness (QED) is 0.757. The topological polar surface area (TPSA) is 78.5 Å². The molecule has 0 radical (unpaired) electrons. The summed E-state index contributed by atoms with van der Waals surface area (Å²) < 4.78 is 0. The van der Waals surface area contributed by atoms with Crippen LogP contribution in [0.15, 0.2) is 0 Å². The Morgan fingerprint density at radius 1 is 1.37 bits per heavy atom. The van der Waals surface area contributed by atoms with Crippen LogP contribution in [0.2, 0.25) is 0 Å². The molecule has 19 heavy (non-hydrogen) atoms. The van der Waals surface area contributed by atoms with E-state index in [9.17, 15) is 14.4 Å². The van der Waals surface area contributed by atoms with Crippen LogP contribution in [0, 0.1) is 5.92 Å². The molecule has 6 nitrogen and oxygen atoms in total. The minimum Gasteiger partial charge on any atom is -0.322 e. The third-order valence-corrected chi connectivity index (χ3v) is 4.15. The van der Waals surface area contributed by atoms with Crippen LogP contribution in [0.1, 0.15) is 52.4 Å². The zero-order chi connectivity index (χ0) is 14.0. The van der Waals surface area contributed by atoms with E-state index in [2.05, 4.69) is 10.7 Å². The molecule has 6 heteroatoms. The third kappa shape index (κ3) is 2.43. The van der Waals surface area contributed by atoms with Gasteiger partial charge in [-0.15, -0.1) is 0 Å². The van der Waals surface area contributed by atoms with Gasteiger partial charge in [-0.3, -0.25) is 15.0 Å². The van der Waals surface area contributed by atoms with Gasteiger partial charge >= 0.3 is 6.03 Å². The van der Waals surface area contributed by atoms with Crippen LogP contribution in [0.4, 0.5) is 4.79 Å². The highest BCUT2D eigenvalue weighted by molar-refractivity contribution is 6.08. The average molecular weight is 267 g/mol. The van der Waals surface area contributed by atoms with Crippen LogP contribution in [-0.4, -0.2) is 28.4 Å². The van der Waals surface area contributed by atoms with E-state index in [-0.39, 0.29) is 17.7 Å². The SMILES string of the molecule is CCC(C)C(=O)NN1C(=O)NC2(CCCCC2)C1=O. The molecule has 1 saturated heterocycles. The van der Waals surface area contributed by atoms with Crippen molar-refractivity contribution >= 4 is 17.8 Å². The second-order valence-corrected chi connectivity index (χ2v) is 5.50. The summed E-state index contributed by atoms with van der Waals surface area (Å²) in [5, 5.41) is 3.62. The number of carbonyl (C=O) groups excluding carboxylic acids is 3. The maximum absolute atomic E-state index is 12.4. The molecule has 2 N–H and O–H groups in total. The normalized spacial score (nSPS) is 23.4. The first kappa shape index (κ1) is 13.8. The van der Waals surface area contributed by atoms with Crippen LogP contribution >= 0.6 is 0 Å². The maximum atomic E-state index is 12.4. The van der Waals surface area contributed by atoms with Gasteiger partial charge in [-0.05, 0) is 19.3 Å². The summed E-state index contributed by atoms with van der Waals surface area (Å²) in [4.78, 5) is 36.1. The average Bonchev–Trinajstić information content (AvgIpc) is 2.63. The van der Waals surface area contributed by atoms with Crippen LogP contribution in [0.3, 0.4) is 0 Å². The van der Waals surface area contributed by atoms with E-state index in [1.807, 2.05) is 6.92 Å². The van der Waals surface area contributed by atoms with Gasteiger partial charge in [0, 0.05) is 5.92 Å². The zero-order valence-corrected chi connectivity index (χ0v) is 11.5. The van der Waals surface area contributed by atoms with Crippen molar-refractivity contribution < 1.29 is 14.4 Å². The molecule has 2 rings (SSSR count). The van der Waals surface area contributed by atoms with E-state index >= 15 is 0 Å². The summed E-state index contributed by atoms with van der Waals surface area (Å²) in [5.74, 6) is -0.823. The molecule has 1 aliphatic carbocycles. The largest absolute Gasteiger partial charge is 0.344 e. The molecule has 1 heterocycles. The number of nitrogens with zero attached hydrogens (tertiary/aromatic N) is 1. The summed E-state index contributed by atoms with van der Waals surface area (Å²) in [7, 11) is 0. The maximum Gasteiger partial charge on any atom is 0.344 e. The summed E-state index contributed by atoms with van der Waals surface area (Å²) in [5.41, 5.74) is 1.65. The number of carbonyl (C=O) groups is 3. The van der Waals surface area contributed by atoms with Crippen LogP contribution in [-0.2, 0) is 9.59 Å². The van der Waals surface area contributed by atoms with Gasteiger partial charge in [0.15, 0.2) is 0 Å². The minimum atomic E-state index is -0.780. The first-order chi connectivity index (χ1) is 9.00. The predicted molar refractivity (Wildman–Crippen MR) is 68.8 cm³/mol. The van der Waals surface area contributed by atoms with Crippen molar-refractivity contribution in [2.24, 2.45) is 5.92 Å². The molecular formula is C13H21N3O3. The molecule has 1 spiro atoms. The summed E-state index contributed by atoms with van der Waals surface area (Å²) >= 11 is 0. The lowest BCUT2D eigenvalue weighted by atomic mass is 9.82. The summed E-state index contributed by atoms with van der Waals surface area (Å²) in [6, 6.07) is -0.511. The molecule has 4 amide bonds. The Labute approximate surface area is 112 Å². The number of hydrazine groups is 1. The van der Waals surface area contributed by atoms with Crippen molar-refractivity contribution in [3.05, 3.63) is 0 Å². The molecule has 2 fully saturated rings. The van der Waals surface area contributed by atoms with Gasteiger partial charge in [0.25, 0.3) is 5.91 Å². The van der Waals surface area contributed by atoms with Gasteiger partial charge in [-0.1, -0.05) is 33.1 Å². The Balaban J connectivity index is 2.08. The van der Waals surface area contributed by atoms with Crippen molar-refractivity contribution in [1.82, 2.24) is 15.8 Å². The Bertz CT molecular complexity index is 402. The van der Waals surface area contributed by atoms with Crippen molar-refractivity contribution in [3.8, 4) is 0 Å². The predicted octanol–water partition coefficient (Wildman–Crippen LogP) is 1.32. The van der Waals surface area contributed by atoms with E-state index in [1.165, 1.54) is 0 Å². The molecular weight excluding hydrogens is 246 g/mol. The Hall–Kier alpha value is -1.59. The lowest BCUT2D eigenvalue weighted by Gasteiger charge is -2.30. The van der Waals surface area contributed by atoms with E-state index in [4.69, 9.17) is 0 Å². The zero-order valence-electron chi connectivity index (χ0n) is 11.5. The number of hydrogen-bond donors (Lipinski definition) is 2. The third-order valence-electron chi connectivity index (χ3n) is 4.15. The molecule has 0 aromatic rings. The molecule has 1 aliphatic heterocycles. The van der Waals surface area contributed by atoms with Crippen molar-refractivity contribution in [1.29, 1.82) is 0 Å². The van der Waals surface area contributed by atoms with Crippen LogP contribution in [0.5, 0.6) is 0 Å². The smallest absolute Gasteiger partial charge is 0.322 e. The van der Waals surface area contributed by atoms with E-state index < -0.39 is 11.6 Å². The highest BCUT2D eigenvalue weighted by Crippen LogP contribution is 2.33. The number of rotatable bonds is 3. The fraction of sp³-hybridized carbons (Fsp3) is 0.769. The van der Waals surface area contributed by atoms with E-state index in [0.29, 0.717) is 19.3 Å². The fourth-order valence-corrected chi connectivity index (χ4v) is 2.62. The molecule has 2 aliphatic rings. The van der Waals surface area contributed by atoms with Crippen LogP contribution in [0.25, 0.3) is 0 Å². The second kappa shape index (κ2) is 5.19. The van der Waals surface area contributed by atoms with Crippen molar-refractivity contribution in [2.45, 2.75) is 57.9 Å². The highest BCUT2D eigenvalue weighted by atomic mass is 16.2. The minimum absolute atomic E-state index is 0.219. The Kier molecular flexibility index (Phi) is 3.78. The summed E-state index contributed by atoms with van der Waals surface area (Å²) in [6.07, 6.45) is 4.93. The van der Waals surface area contributed by atoms with Crippen molar-refractivity contribution in [2.75, 3.05) is 0 Å². The Morgan fingerprint density at radius 2 is 2.00 bits per heavy atom. The number of amides is 4. The molecule has 0 bridgehead atoms. The van der Waals surface area contributed by atoms with Gasteiger partial charge in [0.1, 0.15) is 5.54 Å². The number of nitrogens with one attached hydrogen (secondary N) is 2. The van der Waals surface area contributed by atoms with Gasteiger partial charge in [0.2, 0.25) is 5.91 Å². The van der Waals surface area contributed by atoms with Gasteiger partial charge < -0.3 is 5.32 Å². The van der Waals surface area contributed by atoms with E-state index in [0.717, 1.165) is 24.3 Å². The monoisotopic (exact) mass is 267 g/mol. The molecule has 1 unspecified atom stereocenters. The lowest BCUT2D eigenvalue weighted by Crippen LogP contribution is -2.51. The van der Waals surface area contributed by atoms with Gasteiger partial charge in [-0.25, -0.2) is 4.79 Å². The first-order valence-electron chi connectivity index (χ1n) is 6.97. The first-order valence-corrected chi connectivity index (χ1v) is 6.97. The van der Waals surface area contributed by atoms with Crippen LogP contribution < -0.4 is 10.7 Å².